The molecule has 0 atom stereocenters. The van der Waals surface area contributed by atoms with Gasteiger partial charge in [-0.3, -0.25) is 9.36 Å². The number of nitrogens with one attached hydrogen (secondary N) is 1. The van der Waals surface area contributed by atoms with Gasteiger partial charge in [0, 0.05) is 18.1 Å². The second-order valence-corrected chi connectivity index (χ2v) is 6.47. The molecule has 0 aliphatic rings. The molecule has 160 valence electrons. The molecule has 8 nitrogen and oxygen atoms in total. The predicted molar refractivity (Wildman–Crippen MR) is 104 cm³/mol. The van der Waals surface area contributed by atoms with E-state index in [1.54, 1.807) is 24.5 Å². The van der Waals surface area contributed by atoms with Gasteiger partial charge in [-0.2, -0.15) is 14.0 Å². The number of amides is 1. The standard InChI is InChI=1S/C20H14ClF2N3O5/c1-11-17(13(9-24)18(30-11)26-6-2-3-7-26)19(28)29-10-16(27)25-12-4-5-15(14(21)8-12)31-20(22)23/h2-8,20H,10H2,1H3,(H,25,27). The maximum absolute atomic E-state index is 12.5. The number of halogens is 3. The number of hydrogen-bond acceptors (Lipinski definition) is 6. The van der Waals surface area contributed by atoms with Gasteiger partial charge >= 0.3 is 12.6 Å². The minimum absolute atomic E-state index is 0.0273. The van der Waals surface area contributed by atoms with Crippen LogP contribution in [-0.2, 0) is 9.53 Å². The fourth-order valence-electron chi connectivity index (χ4n) is 2.70. The topological polar surface area (TPSA) is 106 Å². The number of carbonyl (C=O) groups excluding carboxylic acids is 2. The zero-order valence-corrected chi connectivity index (χ0v) is 16.7. The summed E-state index contributed by atoms with van der Waals surface area (Å²) in [7, 11) is 0. The van der Waals surface area contributed by atoms with Gasteiger partial charge in [-0.05, 0) is 37.3 Å². The van der Waals surface area contributed by atoms with Crippen molar-refractivity contribution in [3.8, 4) is 17.7 Å². The van der Waals surface area contributed by atoms with Gasteiger partial charge in [0.05, 0.1) is 5.02 Å². The summed E-state index contributed by atoms with van der Waals surface area (Å²) in [6.45, 7) is -2.21. The molecule has 2 heterocycles. The minimum atomic E-state index is -3.04. The zero-order valence-electron chi connectivity index (χ0n) is 15.9. The molecule has 0 bridgehead atoms. The van der Waals surface area contributed by atoms with Crippen LogP contribution in [0.2, 0.25) is 5.02 Å². The van der Waals surface area contributed by atoms with Crippen LogP contribution in [0, 0.1) is 18.3 Å². The number of benzene rings is 1. The SMILES string of the molecule is Cc1oc(-n2cccc2)c(C#N)c1C(=O)OCC(=O)Nc1ccc(OC(F)F)c(Cl)c1. The number of ether oxygens (including phenoxy) is 2. The number of aryl methyl sites for hydroxylation is 1. The van der Waals surface area contributed by atoms with Crippen molar-refractivity contribution in [3.63, 3.8) is 0 Å². The summed E-state index contributed by atoms with van der Waals surface area (Å²) < 4.78 is 40.8. The van der Waals surface area contributed by atoms with Crippen LogP contribution < -0.4 is 10.1 Å². The second-order valence-electron chi connectivity index (χ2n) is 6.06. The van der Waals surface area contributed by atoms with E-state index in [0.29, 0.717) is 0 Å². The number of rotatable bonds is 7. The normalized spacial score (nSPS) is 10.6. The predicted octanol–water partition coefficient (Wildman–Crippen LogP) is 4.30. The molecule has 0 spiro atoms. The molecule has 0 saturated heterocycles. The maximum Gasteiger partial charge on any atom is 0.387 e. The van der Waals surface area contributed by atoms with Crippen molar-refractivity contribution in [2.45, 2.75) is 13.5 Å². The van der Waals surface area contributed by atoms with Gasteiger partial charge in [-0.15, -0.1) is 0 Å². The van der Waals surface area contributed by atoms with Crippen molar-refractivity contribution >= 4 is 29.2 Å². The minimum Gasteiger partial charge on any atom is -0.452 e. The Morgan fingerprint density at radius 2 is 2.03 bits per heavy atom. The van der Waals surface area contributed by atoms with E-state index in [2.05, 4.69) is 10.1 Å². The van der Waals surface area contributed by atoms with E-state index in [-0.39, 0.29) is 39.2 Å². The van der Waals surface area contributed by atoms with Crippen molar-refractivity contribution in [1.82, 2.24) is 4.57 Å². The summed E-state index contributed by atoms with van der Waals surface area (Å²) in [6.07, 6.45) is 3.29. The summed E-state index contributed by atoms with van der Waals surface area (Å²) in [5.41, 5.74) is 0.0656. The Labute approximate surface area is 179 Å². The average molecular weight is 450 g/mol. The smallest absolute Gasteiger partial charge is 0.387 e. The van der Waals surface area contributed by atoms with E-state index >= 15 is 0 Å². The number of nitrogens with zero attached hydrogens (tertiary/aromatic N) is 2. The van der Waals surface area contributed by atoms with E-state index in [4.69, 9.17) is 20.8 Å². The van der Waals surface area contributed by atoms with Crippen LogP contribution >= 0.6 is 11.6 Å². The molecule has 3 aromatic rings. The molecular formula is C20H14ClF2N3O5. The van der Waals surface area contributed by atoms with Crippen molar-refractivity contribution in [2.75, 3.05) is 11.9 Å². The third-order valence-electron chi connectivity index (χ3n) is 3.99. The van der Waals surface area contributed by atoms with Crippen LogP contribution in [0.5, 0.6) is 5.75 Å². The van der Waals surface area contributed by atoms with E-state index in [1.807, 2.05) is 6.07 Å². The second kappa shape index (κ2) is 9.32. The molecule has 1 aromatic carbocycles. The number of hydrogen-bond donors (Lipinski definition) is 1. The lowest BCUT2D eigenvalue weighted by atomic mass is 10.1. The highest BCUT2D eigenvalue weighted by Gasteiger charge is 2.26. The van der Waals surface area contributed by atoms with Gasteiger partial charge < -0.3 is 19.2 Å². The first-order valence-corrected chi connectivity index (χ1v) is 9.06. The Bertz CT molecular complexity index is 1150. The first-order valence-electron chi connectivity index (χ1n) is 8.68. The number of esters is 1. The quantitative estimate of drug-likeness (QED) is 0.539. The van der Waals surface area contributed by atoms with Crippen LogP contribution in [0.3, 0.4) is 0 Å². The number of nitriles is 1. The molecule has 0 saturated carbocycles. The van der Waals surface area contributed by atoms with Gasteiger partial charge in [-0.1, -0.05) is 11.6 Å². The number of furan rings is 1. The average Bonchev–Trinajstić information content (AvgIpc) is 3.35. The molecule has 1 amide bonds. The summed E-state index contributed by atoms with van der Waals surface area (Å²) >= 11 is 5.82. The van der Waals surface area contributed by atoms with Crippen LogP contribution in [0.25, 0.3) is 5.88 Å². The third kappa shape index (κ3) is 5.02. The highest BCUT2D eigenvalue weighted by Crippen LogP contribution is 2.29. The molecule has 2 aromatic heterocycles. The zero-order chi connectivity index (χ0) is 22.5. The summed E-state index contributed by atoms with van der Waals surface area (Å²) in [6, 6.07) is 9.01. The van der Waals surface area contributed by atoms with E-state index < -0.39 is 25.1 Å². The van der Waals surface area contributed by atoms with Crippen LogP contribution in [-0.4, -0.2) is 29.7 Å². The van der Waals surface area contributed by atoms with E-state index in [9.17, 15) is 23.6 Å². The lowest BCUT2D eigenvalue weighted by Crippen LogP contribution is -2.21. The number of alkyl halides is 2. The molecule has 0 unspecified atom stereocenters. The van der Waals surface area contributed by atoms with E-state index in [1.165, 1.54) is 23.6 Å². The Kier molecular flexibility index (Phi) is 6.57. The Morgan fingerprint density at radius 3 is 2.65 bits per heavy atom. The fourth-order valence-corrected chi connectivity index (χ4v) is 2.93. The lowest BCUT2D eigenvalue weighted by molar-refractivity contribution is -0.119. The number of carbonyl (C=O) groups is 2. The molecule has 0 aliphatic carbocycles. The molecule has 31 heavy (non-hydrogen) atoms. The monoisotopic (exact) mass is 449 g/mol. The summed E-state index contributed by atoms with van der Waals surface area (Å²) in [5, 5.41) is 11.7. The summed E-state index contributed by atoms with van der Waals surface area (Å²) in [4.78, 5) is 24.5. The third-order valence-corrected chi connectivity index (χ3v) is 4.28. The number of anilines is 1. The fraction of sp³-hybridized carbons (Fsp3) is 0.150. The largest absolute Gasteiger partial charge is 0.452 e. The van der Waals surface area contributed by atoms with Gasteiger partial charge in [-0.25, -0.2) is 4.79 Å². The Balaban J connectivity index is 1.66. The van der Waals surface area contributed by atoms with E-state index in [0.717, 1.165) is 6.07 Å². The van der Waals surface area contributed by atoms with Crippen molar-refractivity contribution in [2.24, 2.45) is 0 Å². The van der Waals surface area contributed by atoms with Gasteiger partial charge in [0.1, 0.15) is 28.7 Å². The molecular weight excluding hydrogens is 436 g/mol. The summed E-state index contributed by atoms with van der Waals surface area (Å²) in [5.74, 6) is -1.56. The Morgan fingerprint density at radius 1 is 1.32 bits per heavy atom. The van der Waals surface area contributed by atoms with Gasteiger partial charge in [0.2, 0.25) is 5.88 Å². The van der Waals surface area contributed by atoms with Crippen molar-refractivity contribution in [1.29, 1.82) is 5.26 Å². The molecule has 0 radical (unpaired) electrons. The lowest BCUT2D eigenvalue weighted by Gasteiger charge is -2.10. The molecule has 0 aliphatic heterocycles. The van der Waals surface area contributed by atoms with Crippen molar-refractivity contribution in [3.05, 3.63) is 64.6 Å². The van der Waals surface area contributed by atoms with Gasteiger partial charge in [0.25, 0.3) is 5.91 Å². The molecule has 1 N–H and O–H groups in total. The number of aromatic nitrogens is 1. The first kappa shape index (κ1) is 21.9. The highest BCUT2D eigenvalue weighted by atomic mass is 35.5. The molecule has 11 heteroatoms. The van der Waals surface area contributed by atoms with Crippen LogP contribution in [0.1, 0.15) is 21.7 Å². The van der Waals surface area contributed by atoms with Gasteiger partial charge in [0.15, 0.2) is 6.61 Å². The van der Waals surface area contributed by atoms with Crippen LogP contribution in [0.15, 0.2) is 47.1 Å². The maximum atomic E-state index is 12.5. The Hall–Kier alpha value is -3.84. The van der Waals surface area contributed by atoms with Crippen LogP contribution in [0.4, 0.5) is 14.5 Å². The molecule has 3 rings (SSSR count). The molecule has 0 fully saturated rings. The highest BCUT2D eigenvalue weighted by molar-refractivity contribution is 6.32. The first-order chi connectivity index (χ1) is 14.8. The van der Waals surface area contributed by atoms with Crippen molar-refractivity contribution < 1.29 is 32.3 Å².